The molecule has 1 aliphatic rings. The molecule has 8 heteroatoms. The third-order valence-electron chi connectivity index (χ3n) is 5.60. The van der Waals surface area contributed by atoms with Crippen LogP contribution in [0.5, 0.6) is 5.75 Å². The zero-order chi connectivity index (χ0) is 24.1. The highest BCUT2D eigenvalue weighted by molar-refractivity contribution is 6.46. The molecule has 1 saturated heterocycles. The Balaban J connectivity index is 1.70. The molecule has 1 atom stereocenters. The molecule has 0 saturated carbocycles. The maximum atomic E-state index is 13.4. The van der Waals surface area contributed by atoms with Crippen LogP contribution in [-0.2, 0) is 16.1 Å². The van der Waals surface area contributed by atoms with Crippen LogP contribution in [0.4, 0.5) is 4.39 Å². The molecule has 0 aliphatic carbocycles. The van der Waals surface area contributed by atoms with Crippen LogP contribution in [0.1, 0.15) is 23.6 Å². The van der Waals surface area contributed by atoms with Gasteiger partial charge in [0.1, 0.15) is 23.9 Å². The molecule has 2 heterocycles. The van der Waals surface area contributed by atoms with Crippen molar-refractivity contribution in [1.29, 1.82) is 0 Å². The molecule has 0 radical (unpaired) electrons. The number of imidazole rings is 1. The number of hydrogen-bond acceptors (Lipinski definition) is 5. The third kappa shape index (κ3) is 4.76. The number of carbonyl (C=O) groups excluding carboxylic acids is 2. The number of aliphatic hydroxyl groups is 1. The standard InChI is InChI=1S/C26H24FN3O4/c1-2-16-34-21-10-6-18(7-11-21)23-22(24(31)19-4-8-20(27)9-5-19)25(32)26(33)30(23)14-3-13-29-15-12-28-17-29/h2,4-12,15,17,23,31H,1,3,13-14,16H2/t23-/m1/s1. The van der Waals surface area contributed by atoms with Gasteiger partial charge in [0.2, 0.25) is 0 Å². The zero-order valence-electron chi connectivity index (χ0n) is 18.4. The summed E-state index contributed by atoms with van der Waals surface area (Å²) < 4.78 is 20.8. The van der Waals surface area contributed by atoms with Gasteiger partial charge in [0, 0.05) is 31.0 Å². The topological polar surface area (TPSA) is 84.7 Å². The van der Waals surface area contributed by atoms with Crippen LogP contribution in [0, 0.1) is 5.82 Å². The van der Waals surface area contributed by atoms with Gasteiger partial charge >= 0.3 is 0 Å². The van der Waals surface area contributed by atoms with Crippen molar-refractivity contribution in [3.8, 4) is 5.75 Å². The fourth-order valence-corrected chi connectivity index (χ4v) is 3.96. The molecule has 4 rings (SSSR count). The Morgan fingerprint density at radius 2 is 1.85 bits per heavy atom. The fraction of sp³-hybridized carbons (Fsp3) is 0.192. The number of aromatic nitrogens is 2. The van der Waals surface area contributed by atoms with Gasteiger partial charge in [-0.15, -0.1) is 0 Å². The quantitative estimate of drug-likeness (QED) is 0.225. The predicted octanol–water partition coefficient (Wildman–Crippen LogP) is 4.10. The number of hydrogen-bond donors (Lipinski definition) is 1. The summed E-state index contributed by atoms with van der Waals surface area (Å²) >= 11 is 0. The van der Waals surface area contributed by atoms with Crippen molar-refractivity contribution in [3.05, 3.63) is 102 Å². The molecule has 174 valence electrons. The summed E-state index contributed by atoms with van der Waals surface area (Å²) in [5, 5.41) is 11.0. The number of likely N-dealkylation sites (tertiary alicyclic amines) is 1. The predicted molar refractivity (Wildman–Crippen MR) is 124 cm³/mol. The Hall–Kier alpha value is -4.20. The van der Waals surface area contributed by atoms with Gasteiger partial charge in [-0.3, -0.25) is 9.59 Å². The maximum absolute atomic E-state index is 13.4. The van der Waals surface area contributed by atoms with Gasteiger partial charge < -0.3 is 19.3 Å². The lowest BCUT2D eigenvalue weighted by molar-refractivity contribution is -0.139. The molecule has 0 spiro atoms. The van der Waals surface area contributed by atoms with E-state index in [4.69, 9.17) is 4.74 Å². The summed E-state index contributed by atoms with van der Waals surface area (Å²) in [7, 11) is 0. The van der Waals surface area contributed by atoms with E-state index in [-0.39, 0.29) is 16.9 Å². The third-order valence-corrected chi connectivity index (χ3v) is 5.60. The smallest absolute Gasteiger partial charge is 0.295 e. The van der Waals surface area contributed by atoms with Crippen LogP contribution in [0.3, 0.4) is 0 Å². The number of aliphatic hydroxyl groups excluding tert-OH is 1. The highest BCUT2D eigenvalue weighted by Crippen LogP contribution is 2.40. The fourth-order valence-electron chi connectivity index (χ4n) is 3.96. The Labute approximate surface area is 196 Å². The largest absolute Gasteiger partial charge is 0.507 e. The number of Topliss-reactive ketones (excluding diaryl/α,β-unsaturated/α-hetero) is 1. The summed E-state index contributed by atoms with van der Waals surface area (Å²) in [6.45, 7) is 4.87. The van der Waals surface area contributed by atoms with E-state index >= 15 is 0 Å². The highest BCUT2D eigenvalue weighted by atomic mass is 19.1. The van der Waals surface area contributed by atoms with E-state index in [0.29, 0.717) is 37.4 Å². The SMILES string of the molecule is C=CCOc1ccc([C@@H]2C(=C(O)c3ccc(F)cc3)C(=O)C(=O)N2CCCn2ccnc2)cc1. The summed E-state index contributed by atoms with van der Waals surface area (Å²) in [6.07, 6.45) is 7.39. The first-order valence-corrected chi connectivity index (χ1v) is 10.8. The summed E-state index contributed by atoms with van der Waals surface area (Å²) in [6, 6.07) is 11.3. The summed E-state index contributed by atoms with van der Waals surface area (Å²) in [5.74, 6) is -1.66. The van der Waals surface area contributed by atoms with E-state index in [2.05, 4.69) is 11.6 Å². The van der Waals surface area contributed by atoms with Crippen LogP contribution in [0.25, 0.3) is 5.76 Å². The zero-order valence-corrected chi connectivity index (χ0v) is 18.4. The van der Waals surface area contributed by atoms with Crippen molar-refractivity contribution in [3.63, 3.8) is 0 Å². The van der Waals surface area contributed by atoms with Crippen LogP contribution < -0.4 is 4.74 Å². The van der Waals surface area contributed by atoms with Crippen LogP contribution >= 0.6 is 0 Å². The van der Waals surface area contributed by atoms with Gasteiger partial charge in [-0.2, -0.15) is 0 Å². The minimum absolute atomic E-state index is 0.0287. The van der Waals surface area contributed by atoms with Crippen molar-refractivity contribution in [2.24, 2.45) is 0 Å². The lowest BCUT2D eigenvalue weighted by Crippen LogP contribution is -2.31. The first-order chi connectivity index (χ1) is 16.5. The Morgan fingerprint density at radius 1 is 1.12 bits per heavy atom. The Morgan fingerprint density at radius 3 is 2.50 bits per heavy atom. The molecule has 1 amide bonds. The van der Waals surface area contributed by atoms with Crippen molar-refractivity contribution >= 4 is 17.4 Å². The van der Waals surface area contributed by atoms with E-state index in [9.17, 15) is 19.1 Å². The first kappa shape index (κ1) is 23.0. The lowest BCUT2D eigenvalue weighted by atomic mass is 9.95. The van der Waals surface area contributed by atoms with Gasteiger partial charge in [-0.05, 0) is 48.4 Å². The molecule has 34 heavy (non-hydrogen) atoms. The molecule has 3 aromatic rings. The van der Waals surface area contributed by atoms with Gasteiger partial charge in [0.15, 0.2) is 0 Å². The average molecular weight is 461 g/mol. The van der Waals surface area contributed by atoms with E-state index in [1.54, 1.807) is 42.9 Å². The number of benzene rings is 2. The van der Waals surface area contributed by atoms with E-state index in [0.717, 1.165) is 0 Å². The normalized spacial score (nSPS) is 17.2. The number of amides is 1. The van der Waals surface area contributed by atoms with Crippen molar-refractivity contribution in [2.45, 2.75) is 19.0 Å². The second kappa shape index (κ2) is 10.2. The molecular weight excluding hydrogens is 437 g/mol. The van der Waals surface area contributed by atoms with E-state index in [1.807, 2.05) is 10.8 Å². The van der Waals surface area contributed by atoms with Crippen molar-refractivity contribution < 1.29 is 23.8 Å². The Kier molecular flexibility index (Phi) is 6.87. The molecule has 1 N–H and O–H groups in total. The molecule has 1 fully saturated rings. The lowest BCUT2D eigenvalue weighted by Gasteiger charge is -2.25. The summed E-state index contributed by atoms with van der Waals surface area (Å²) in [4.78, 5) is 31.5. The minimum atomic E-state index is -0.790. The van der Waals surface area contributed by atoms with E-state index < -0.39 is 23.5 Å². The van der Waals surface area contributed by atoms with Crippen LogP contribution in [-0.4, -0.2) is 44.4 Å². The molecule has 0 bridgehead atoms. The van der Waals surface area contributed by atoms with Gasteiger partial charge in [0.05, 0.1) is 17.9 Å². The molecule has 2 aromatic carbocycles. The van der Waals surface area contributed by atoms with Crippen LogP contribution in [0.2, 0.25) is 0 Å². The van der Waals surface area contributed by atoms with Crippen LogP contribution in [0.15, 0.2) is 85.5 Å². The minimum Gasteiger partial charge on any atom is -0.507 e. The Bertz CT molecular complexity index is 1200. The second-order valence-electron chi connectivity index (χ2n) is 7.82. The number of aryl methyl sites for hydroxylation is 1. The number of ether oxygens (including phenoxy) is 1. The molecule has 0 unspecified atom stereocenters. The van der Waals surface area contributed by atoms with Gasteiger partial charge in [0.25, 0.3) is 11.7 Å². The number of nitrogens with zero attached hydrogens (tertiary/aromatic N) is 3. The average Bonchev–Trinajstić information content (AvgIpc) is 3.45. The number of rotatable bonds is 9. The highest BCUT2D eigenvalue weighted by Gasteiger charge is 2.45. The monoisotopic (exact) mass is 461 g/mol. The molecular formula is C26H24FN3O4. The number of halogens is 1. The molecule has 7 nitrogen and oxygen atoms in total. The number of ketones is 1. The van der Waals surface area contributed by atoms with Crippen molar-refractivity contribution in [1.82, 2.24) is 14.5 Å². The first-order valence-electron chi connectivity index (χ1n) is 10.8. The molecule has 1 aromatic heterocycles. The van der Waals surface area contributed by atoms with Crippen molar-refractivity contribution in [2.75, 3.05) is 13.2 Å². The summed E-state index contributed by atoms with van der Waals surface area (Å²) in [5.41, 5.74) is 0.879. The molecule has 1 aliphatic heterocycles. The number of carbonyl (C=O) groups is 2. The van der Waals surface area contributed by atoms with Gasteiger partial charge in [-0.1, -0.05) is 24.8 Å². The second-order valence-corrected chi connectivity index (χ2v) is 7.82. The van der Waals surface area contributed by atoms with E-state index in [1.165, 1.54) is 29.2 Å². The maximum Gasteiger partial charge on any atom is 0.295 e. The van der Waals surface area contributed by atoms with Gasteiger partial charge in [-0.25, -0.2) is 9.37 Å².